The van der Waals surface area contributed by atoms with Gasteiger partial charge in [-0.1, -0.05) is 6.92 Å². The summed E-state index contributed by atoms with van der Waals surface area (Å²) in [5.74, 6) is -1.42. The lowest BCUT2D eigenvalue weighted by Crippen LogP contribution is -2.18. The maximum atomic E-state index is 11.4. The van der Waals surface area contributed by atoms with Crippen LogP contribution in [-0.2, 0) is 9.84 Å². The van der Waals surface area contributed by atoms with Gasteiger partial charge in [0.1, 0.15) is 0 Å². The zero-order valence-corrected chi connectivity index (χ0v) is 12.4. The van der Waals surface area contributed by atoms with E-state index in [2.05, 4.69) is 5.32 Å². The Morgan fingerprint density at radius 3 is 2.52 bits per heavy atom. The Hall–Kier alpha value is -2.16. The third-order valence-electron chi connectivity index (χ3n) is 2.99. The van der Waals surface area contributed by atoms with Crippen LogP contribution in [0.4, 0.5) is 11.4 Å². The van der Waals surface area contributed by atoms with Crippen LogP contribution >= 0.6 is 0 Å². The number of nitro groups is 1. The van der Waals surface area contributed by atoms with Gasteiger partial charge in [0, 0.05) is 29.6 Å². The fraction of sp³-hybridized carbons (Fsp3) is 0.417. The first-order chi connectivity index (χ1) is 9.68. The number of nitro benzene ring substituents is 1. The van der Waals surface area contributed by atoms with E-state index in [4.69, 9.17) is 5.11 Å². The number of anilines is 1. The van der Waals surface area contributed by atoms with E-state index in [1.807, 2.05) is 0 Å². The molecule has 1 rings (SSSR count). The molecule has 0 unspecified atom stereocenters. The zero-order valence-electron chi connectivity index (χ0n) is 11.6. The van der Waals surface area contributed by atoms with Crippen molar-refractivity contribution in [3.05, 3.63) is 33.4 Å². The predicted molar refractivity (Wildman–Crippen MR) is 77.6 cm³/mol. The van der Waals surface area contributed by atoms with Crippen molar-refractivity contribution in [3.63, 3.8) is 0 Å². The van der Waals surface area contributed by atoms with Gasteiger partial charge < -0.3 is 10.4 Å². The van der Waals surface area contributed by atoms with Crippen LogP contribution in [0.25, 0.3) is 0 Å². The number of aromatic carboxylic acids is 1. The van der Waals surface area contributed by atoms with Crippen molar-refractivity contribution in [3.8, 4) is 0 Å². The van der Waals surface area contributed by atoms with Gasteiger partial charge in [0.15, 0.2) is 9.84 Å². The normalized spacial score (nSPS) is 11.1. The molecule has 8 nitrogen and oxygen atoms in total. The molecular formula is C12H16N2O6S. The number of carbonyl (C=O) groups is 1. The van der Waals surface area contributed by atoms with E-state index >= 15 is 0 Å². The van der Waals surface area contributed by atoms with Crippen LogP contribution in [0, 0.1) is 17.0 Å². The van der Waals surface area contributed by atoms with Gasteiger partial charge in [-0.2, -0.15) is 0 Å². The third kappa shape index (κ3) is 4.42. The van der Waals surface area contributed by atoms with Crippen LogP contribution < -0.4 is 5.32 Å². The van der Waals surface area contributed by atoms with Crippen LogP contribution in [0.2, 0.25) is 0 Å². The van der Waals surface area contributed by atoms with Gasteiger partial charge in [-0.25, -0.2) is 13.2 Å². The summed E-state index contributed by atoms with van der Waals surface area (Å²) in [6.45, 7) is 3.05. The summed E-state index contributed by atoms with van der Waals surface area (Å²) in [7, 11) is -3.17. The summed E-state index contributed by atoms with van der Waals surface area (Å²) in [6.07, 6.45) is 0. The van der Waals surface area contributed by atoms with E-state index in [1.54, 1.807) is 0 Å². The minimum absolute atomic E-state index is 0.00295. The van der Waals surface area contributed by atoms with Gasteiger partial charge in [-0.3, -0.25) is 10.1 Å². The number of benzene rings is 1. The van der Waals surface area contributed by atoms with Crippen molar-refractivity contribution >= 4 is 27.2 Å². The van der Waals surface area contributed by atoms with E-state index in [-0.39, 0.29) is 40.6 Å². The Bertz CT molecular complexity index is 669. The van der Waals surface area contributed by atoms with E-state index in [0.29, 0.717) is 0 Å². The van der Waals surface area contributed by atoms with Crippen LogP contribution in [0.1, 0.15) is 22.8 Å². The Kier molecular flexibility index (Phi) is 5.25. The molecule has 0 aliphatic carbocycles. The largest absolute Gasteiger partial charge is 0.478 e. The number of nitrogens with one attached hydrogen (secondary N) is 1. The highest BCUT2D eigenvalue weighted by molar-refractivity contribution is 7.91. The number of hydrogen-bond acceptors (Lipinski definition) is 6. The number of sulfone groups is 1. The maximum absolute atomic E-state index is 11.4. The van der Waals surface area contributed by atoms with E-state index < -0.39 is 20.7 Å². The Morgan fingerprint density at radius 2 is 2.05 bits per heavy atom. The van der Waals surface area contributed by atoms with Crippen molar-refractivity contribution in [2.24, 2.45) is 0 Å². The molecule has 0 radical (unpaired) electrons. The molecule has 0 spiro atoms. The Morgan fingerprint density at radius 1 is 1.43 bits per heavy atom. The van der Waals surface area contributed by atoms with Crippen LogP contribution in [0.3, 0.4) is 0 Å². The van der Waals surface area contributed by atoms with Crippen molar-refractivity contribution in [2.45, 2.75) is 13.8 Å². The molecule has 0 aromatic heterocycles. The quantitative estimate of drug-likeness (QED) is 0.575. The van der Waals surface area contributed by atoms with Crippen molar-refractivity contribution in [1.29, 1.82) is 0 Å². The number of carboxylic acids is 1. The molecule has 0 atom stereocenters. The second-order valence-electron chi connectivity index (χ2n) is 4.39. The van der Waals surface area contributed by atoms with Gasteiger partial charge >= 0.3 is 5.97 Å². The standard InChI is InChI=1S/C12H16N2O6S/c1-3-21(19,20)5-4-13-10-6-9(12(15)16)7-11(8(10)2)14(17)18/h6-7,13H,3-5H2,1-2H3,(H,15,16). The summed E-state index contributed by atoms with van der Waals surface area (Å²) in [5.41, 5.74) is -0.0457. The van der Waals surface area contributed by atoms with Crippen LogP contribution in [-0.4, -0.2) is 42.5 Å². The number of hydrogen-bond donors (Lipinski definition) is 2. The number of nitrogens with zero attached hydrogens (tertiary/aromatic N) is 1. The second kappa shape index (κ2) is 6.53. The molecular weight excluding hydrogens is 300 g/mol. The van der Waals surface area contributed by atoms with Gasteiger partial charge in [-0.15, -0.1) is 0 Å². The van der Waals surface area contributed by atoms with E-state index in [1.165, 1.54) is 19.9 Å². The molecule has 1 aromatic rings. The molecule has 0 saturated carbocycles. The van der Waals surface area contributed by atoms with Gasteiger partial charge in [-0.05, 0) is 13.0 Å². The topological polar surface area (TPSA) is 127 Å². The molecule has 0 saturated heterocycles. The van der Waals surface area contributed by atoms with Gasteiger partial charge in [0.2, 0.25) is 0 Å². The molecule has 0 aliphatic heterocycles. The smallest absolute Gasteiger partial charge is 0.336 e. The Labute approximate surface area is 121 Å². The Balaban J connectivity index is 3.06. The van der Waals surface area contributed by atoms with Crippen molar-refractivity contribution in [1.82, 2.24) is 0 Å². The molecule has 116 valence electrons. The zero-order chi connectivity index (χ0) is 16.2. The highest BCUT2D eigenvalue weighted by Gasteiger charge is 2.19. The second-order valence-corrected chi connectivity index (χ2v) is 6.87. The molecule has 9 heteroatoms. The van der Waals surface area contributed by atoms with Crippen LogP contribution in [0.5, 0.6) is 0 Å². The lowest BCUT2D eigenvalue weighted by Gasteiger charge is -2.11. The van der Waals surface area contributed by atoms with Crippen molar-refractivity contribution in [2.75, 3.05) is 23.4 Å². The van der Waals surface area contributed by atoms with Gasteiger partial charge in [0.05, 0.1) is 16.2 Å². The summed E-state index contributed by atoms with van der Waals surface area (Å²) >= 11 is 0. The molecule has 0 bridgehead atoms. The lowest BCUT2D eigenvalue weighted by molar-refractivity contribution is -0.385. The molecule has 2 N–H and O–H groups in total. The van der Waals surface area contributed by atoms with E-state index in [9.17, 15) is 23.3 Å². The first kappa shape index (κ1) is 16.9. The highest BCUT2D eigenvalue weighted by Crippen LogP contribution is 2.27. The maximum Gasteiger partial charge on any atom is 0.336 e. The number of carboxylic acid groups (broad SMARTS) is 1. The first-order valence-corrected chi connectivity index (χ1v) is 7.96. The minimum Gasteiger partial charge on any atom is -0.478 e. The minimum atomic E-state index is -3.17. The average molecular weight is 316 g/mol. The molecule has 0 fully saturated rings. The average Bonchev–Trinajstić information content (AvgIpc) is 2.39. The SMILES string of the molecule is CCS(=O)(=O)CCNc1cc(C(=O)O)cc([N+](=O)[O-])c1C. The van der Waals surface area contributed by atoms with Crippen LogP contribution in [0.15, 0.2) is 12.1 Å². The highest BCUT2D eigenvalue weighted by atomic mass is 32.2. The summed E-state index contributed by atoms with van der Waals surface area (Å²) < 4.78 is 22.8. The van der Waals surface area contributed by atoms with Crippen molar-refractivity contribution < 1.29 is 23.2 Å². The predicted octanol–water partition coefficient (Wildman–Crippen LogP) is 1.45. The molecule has 0 amide bonds. The first-order valence-electron chi connectivity index (χ1n) is 6.14. The molecule has 0 aliphatic rings. The molecule has 0 heterocycles. The lowest BCUT2D eigenvalue weighted by atomic mass is 10.1. The third-order valence-corrected chi connectivity index (χ3v) is 4.70. The molecule has 1 aromatic carbocycles. The summed E-state index contributed by atoms with van der Waals surface area (Å²) in [5, 5.41) is 22.6. The molecule has 21 heavy (non-hydrogen) atoms. The number of rotatable bonds is 7. The fourth-order valence-electron chi connectivity index (χ4n) is 1.68. The monoisotopic (exact) mass is 316 g/mol. The van der Waals surface area contributed by atoms with E-state index in [0.717, 1.165) is 6.07 Å². The fourth-order valence-corrected chi connectivity index (χ4v) is 2.38. The van der Waals surface area contributed by atoms with Gasteiger partial charge in [0.25, 0.3) is 5.69 Å². The summed E-state index contributed by atoms with van der Waals surface area (Å²) in [4.78, 5) is 21.2. The summed E-state index contributed by atoms with van der Waals surface area (Å²) in [6, 6.07) is 2.23.